The van der Waals surface area contributed by atoms with E-state index in [-0.39, 0.29) is 35.8 Å². The van der Waals surface area contributed by atoms with Gasteiger partial charge in [-0.3, -0.25) is 4.79 Å². The SMILES string of the molecule is O=C(NS(=O)(=O)CC1CC1)c1ccc(N2[C@@H]3CC[C@H]2CC(OC(=O)c2c(-c4c(Cl)cccc4Cl)noc2C2CC2)C3)cc1. The van der Waals surface area contributed by atoms with Gasteiger partial charge in [0.05, 0.1) is 15.8 Å². The minimum absolute atomic E-state index is 0.00619. The number of rotatable bonds is 9. The Hall–Kier alpha value is -3.08. The number of nitrogens with zero attached hydrogens (tertiary/aromatic N) is 2. The zero-order chi connectivity index (χ0) is 29.9. The lowest BCUT2D eigenvalue weighted by atomic mass is 9.98. The minimum Gasteiger partial charge on any atom is -0.458 e. The van der Waals surface area contributed by atoms with Crippen LogP contribution in [-0.2, 0) is 14.8 Å². The van der Waals surface area contributed by atoms with Gasteiger partial charge >= 0.3 is 5.97 Å². The van der Waals surface area contributed by atoms with Crippen LogP contribution >= 0.6 is 23.2 Å². The first kappa shape index (κ1) is 28.7. The second-order valence-corrected chi connectivity index (χ2v) is 14.7. The maximum Gasteiger partial charge on any atom is 0.344 e. The molecule has 2 bridgehead atoms. The average molecular weight is 645 g/mol. The lowest BCUT2D eigenvalue weighted by Crippen LogP contribution is -2.46. The molecule has 43 heavy (non-hydrogen) atoms. The summed E-state index contributed by atoms with van der Waals surface area (Å²) in [6, 6.07) is 12.5. The summed E-state index contributed by atoms with van der Waals surface area (Å²) in [6.07, 6.45) is 6.59. The Kier molecular flexibility index (Phi) is 7.42. The van der Waals surface area contributed by atoms with Crippen molar-refractivity contribution < 1.29 is 27.3 Å². The summed E-state index contributed by atoms with van der Waals surface area (Å²) >= 11 is 12.9. The van der Waals surface area contributed by atoms with Crippen molar-refractivity contribution in [2.24, 2.45) is 5.92 Å². The average Bonchev–Trinajstić information content (AvgIpc) is 3.89. The molecule has 226 valence electrons. The Bertz CT molecular complexity index is 1650. The molecule has 2 saturated carbocycles. The van der Waals surface area contributed by atoms with E-state index in [0.717, 1.165) is 44.2 Å². The normalized spacial score (nSPS) is 23.3. The van der Waals surface area contributed by atoms with Gasteiger partial charge in [0.1, 0.15) is 17.4 Å². The summed E-state index contributed by atoms with van der Waals surface area (Å²) in [7, 11) is -3.64. The number of hydrogen-bond acceptors (Lipinski definition) is 8. The molecule has 1 unspecified atom stereocenters. The van der Waals surface area contributed by atoms with E-state index in [1.54, 1.807) is 30.3 Å². The number of piperidine rings is 1. The number of sulfonamides is 1. The second-order valence-electron chi connectivity index (χ2n) is 12.1. The molecule has 2 saturated heterocycles. The third kappa shape index (κ3) is 5.89. The number of carbonyl (C=O) groups is 2. The van der Waals surface area contributed by atoms with E-state index >= 15 is 0 Å². The molecule has 7 rings (SSSR count). The molecule has 2 aromatic carbocycles. The minimum atomic E-state index is -3.64. The van der Waals surface area contributed by atoms with Crippen LogP contribution in [0, 0.1) is 5.92 Å². The highest BCUT2D eigenvalue weighted by Crippen LogP contribution is 2.47. The molecule has 3 atom stereocenters. The first-order valence-electron chi connectivity index (χ1n) is 14.7. The van der Waals surface area contributed by atoms with Gasteiger partial charge in [0.2, 0.25) is 10.0 Å². The molecule has 3 heterocycles. The molecule has 9 nitrogen and oxygen atoms in total. The first-order valence-corrected chi connectivity index (χ1v) is 17.2. The standard InChI is InChI=1S/C31H31Cl2N3O6S/c32-24-2-1-3-25(33)26(24)28-27(29(42-34-28)18-6-7-18)31(38)41-23-14-21-12-13-22(15-23)36(21)20-10-8-19(9-11-20)30(37)35-43(39,40)16-17-4-5-17/h1-3,8-11,17-18,21-23H,4-7,12-16H2,(H,35,37)/t21-,22+,23?. The number of benzene rings is 2. The van der Waals surface area contributed by atoms with Crippen LogP contribution in [0.15, 0.2) is 47.0 Å². The molecule has 2 aliphatic heterocycles. The van der Waals surface area contributed by atoms with Gasteiger partial charge in [-0.1, -0.05) is 34.4 Å². The fourth-order valence-electron chi connectivity index (χ4n) is 6.50. The van der Waals surface area contributed by atoms with Gasteiger partial charge in [-0.2, -0.15) is 0 Å². The molecule has 2 aliphatic carbocycles. The van der Waals surface area contributed by atoms with E-state index in [1.807, 2.05) is 12.1 Å². The summed E-state index contributed by atoms with van der Waals surface area (Å²) in [5.41, 5.74) is 2.34. The lowest BCUT2D eigenvalue weighted by Gasteiger charge is -2.40. The summed E-state index contributed by atoms with van der Waals surface area (Å²) < 4.78 is 38.4. The van der Waals surface area contributed by atoms with Crippen LogP contribution in [-0.4, -0.2) is 49.4 Å². The van der Waals surface area contributed by atoms with Crippen molar-refractivity contribution in [3.63, 3.8) is 0 Å². The molecule has 1 amide bonds. The molecule has 12 heteroatoms. The van der Waals surface area contributed by atoms with Crippen LogP contribution in [0.1, 0.15) is 83.8 Å². The van der Waals surface area contributed by atoms with Gasteiger partial charge in [-0.25, -0.2) is 17.9 Å². The van der Waals surface area contributed by atoms with Crippen LogP contribution in [0.2, 0.25) is 10.0 Å². The highest BCUT2D eigenvalue weighted by Gasteiger charge is 2.44. The van der Waals surface area contributed by atoms with Crippen LogP contribution in [0.3, 0.4) is 0 Å². The number of hydrogen-bond donors (Lipinski definition) is 1. The highest BCUT2D eigenvalue weighted by molar-refractivity contribution is 7.90. The maximum absolute atomic E-state index is 13.7. The number of anilines is 1. The number of amides is 1. The van der Waals surface area contributed by atoms with E-state index < -0.39 is 21.9 Å². The Morgan fingerprint density at radius 1 is 0.953 bits per heavy atom. The lowest BCUT2D eigenvalue weighted by molar-refractivity contribution is 0.0202. The number of nitrogens with one attached hydrogen (secondary N) is 1. The van der Waals surface area contributed by atoms with Crippen LogP contribution < -0.4 is 9.62 Å². The molecule has 1 aromatic heterocycles. The number of ether oxygens (including phenoxy) is 1. The number of esters is 1. The Morgan fingerprint density at radius 2 is 1.60 bits per heavy atom. The van der Waals surface area contributed by atoms with E-state index in [4.69, 9.17) is 32.5 Å². The van der Waals surface area contributed by atoms with Crippen molar-refractivity contribution in [3.05, 3.63) is 69.4 Å². The van der Waals surface area contributed by atoms with Crippen molar-refractivity contribution in [3.8, 4) is 11.3 Å². The first-order chi connectivity index (χ1) is 20.7. The van der Waals surface area contributed by atoms with Crippen molar-refractivity contribution in [1.29, 1.82) is 0 Å². The van der Waals surface area contributed by atoms with E-state index in [9.17, 15) is 18.0 Å². The molecule has 3 aromatic rings. The van der Waals surface area contributed by atoms with Gasteiger partial charge in [-0.15, -0.1) is 0 Å². The number of fused-ring (bicyclic) bond motifs is 2. The predicted octanol–water partition coefficient (Wildman–Crippen LogP) is 6.35. The summed E-state index contributed by atoms with van der Waals surface area (Å²) in [4.78, 5) is 28.6. The Labute approximate surface area is 259 Å². The van der Waals surface area contributed by atoms with Crippen molar-refractivity contribution >= 4 is 50.8 Å². The third-order valence-electron chi connectivity index (χ3n) is 8.86. The fraction of sp³-hybridized carbons (Fsp3) is 0.452. The van der Waals surface area contributed by atoms with Crippen LogP contribution in [0.4, 0.5) is 5.69 Å². The smallest absolute Gasteiger partial charge is 0.344 e. The third-order valence-corrected chi connectivity index (χ3v) is 10.9. The summed E-state index contributed by atoms with van der Waals surface area (Å²) in [6.45, 7) is 0. The van der Waals surface area contributed by atoms with Gasteiger partial charge in [0, 0.05) is 47.7 Å². The molecule has 1 N–H and O–H groups in total. The molecular formula is C31H31Cl2N3O6S. The Morgan fingerprint density at radius 3 is 2.21 bits per heavy atom. The number of halogens is 2. The monoisotopic (exact) mass is 643 g/mol. The quantitative estimate of drug-likeness (QED) is 0.268. The van der Waals surface area contributed by atoms with Gasteiger partial charge in [0.25, 0.3) is 5.91 Å². The van der Waals surface area contributed by atoms with Gasteiger partial charge in [-0.05, 0) is 80.8 Å². The highest BCUT2D eigenvalue weighted by atomic mass is 35.5. The number of carbonyl (C=O) groups excluding carboxylic acids is 2. The summed E-state index contributed by atoms with van der Waals surface area (Å²) in [5, 5.41) is 4.98. The zero-order valence-corrected chi connectivity index (χ0v) is 25.6. The maximum atomic E-state index is 13.7. The van der Waals surface area contributed by atoms with E-state index in [0.29, 0.717) is 51.0 Å². The largest absolute Gasteiger partial charge is 0.458 e. The van der Waals surface area contributed by atoms with Crippen molar-refractivity contribution in [2.45, 2.75) is 75.5 Å². The Balaban J connectivity index is 1.04. The van der Waals surface area contributed by atoms with E-state index in [2.05, 4.69) is 14.8 Å². The number of aromatic nitrogens is 1. The molecule has 4 aliphatic rings. The molecule has 0 radical (unpaired) electrons. The van der Waals surface area contributed by atoms with Gasteiger partial charge in [0.15, 0.2) is 5.76 Å². The van der Waals surface area contributed by atoms with Crippen LogP contribution in [0.5, 0.6) is 0 Å². The topological polar surface area (TPSA) is 119 Å². The van der Waals surface area contributed by atoms with Gasteiger partial charge < -0.3 is 14.2 Å². The zero-order valence-electron chi connectivity index (χ0n) is 23.3. The van der Waals surface area contributed by atoms with Crippen molar-refractivity contribution in [2.75, 3.05) is 10.7 Å². The van der Waals surface area contributed by atoms with Crippen molar-refractivity contribution in [1.82, 2.24) is 9.88 Å². The molecule has 0 spiro atoms. The molecular weight excluding hydrogens is 613 g/mol. The van der Waals surface area contributed by atoms with E-state index in [1.165, 1.54) is 0 Å². The fourth-order valence-corrected chi connectivity index (χ4v) is 8.51. The second kappa shape index (κ2) is 11.1. The van der Waals surface area contributed by atoms with Crippen LogP contribution in [0.25, 0.3) is 11.3 Å². The predicted molar refractivity (Wildman–Crippen MR) is 162 cm³/mol. The summed E-state index contributed by atoms with van der Waals surface area (Å²) in [5.74, 6) is -0.276. The molecule has 4 fully saturated rings.